The molecule has 0 aromatic rings. The number of ether oxygens (including phenoxy) is 1. The van der Waals surface area contributed by atoms with Gasteiger partial charge in [-0.15, -0.1) is 0 Å². The molecule has 22 heavy (non-hydrogen) atoms. The molecule has 0 bridgehead atoms. The Balaban J connectivity index is 5.54. The molecular weight excluding hydrogens is 379 g/mol. The fraction of sp³-hybridized carbons (Fsp3) is 0.842. The molecule has 0 aromatic heterocycles. The number of unbranched alkanes of at least 4 members (excludes halogenated alkanes) is 3. The molecule has 0 N–H and O–H groups in total. The van der Waals surface area contributed by atoms with Crippen LogP contribution >= 0.6 is 0 Å². The quantitative estimate of drug-likeness (QED) is 0.201. The fourth-order valence-corrected chi connectivity index (χ4v) is 20.5. The van der Waals surface area contributed by atoms with Crippen molar-refractivity contribution in [1.29, 1.82) is 0 Å². The minimum absolute atomic E-state index is 0.131. The minimum atomic E-state index is -2.42. The maximum absolute atomic E-state index is 11.9. The van der Waals surface area contributed by atoms with Gasteiger partial charge < -0.3 is 0 Å². The summed E-state index contributed by atoms with van der Waals surface area (Å²) in [7, 11) is 1.50. The summed E-state index contributed by atoms with van der Waals surface area (Å²) in [6.07, 6.45) is 12.0. The van der Waals surface area contributed by atoms with Gasteiger partial charge in [-0.3, -0.25) is 0 Å². The molecule has 0 saturated carbocycles. The number of hydrogen-bond acceptors (Lipinski definition) is 2. The molecular formula is C19H38O2Sn. The zero-order valence-electron chi connectivity index (χ0n) is 15.7. The SMILES string of the molecule is CCC[CH2][Sn]([CH2]CCC)([CH2]CCC)/[C](=C\C(=O)OC)CCC. The first-order chi connectivity index (χ1) is 10.6. The van der Waals surface area contributed by atoms with Gasteiger partial charge in [-0.1, -0.05) is 0 Å². The van der Waals surface area contributed by atoms with E-state index in [1.165, 1.54) is 58.9 Å². The van der Waals surface area contributed by atoms with E-state index in [4.69, 9.17) is 4.74 Å². The van der Waals surface area contributed by atoms with E-state index >= 15 is 0 Å². The van der Waals surface area contributed by atoms with Gasteiger partial charge in [0, 0.05) is 0 Å². The Morgan fingerprint density at radius 2 is 1.32 bits per heavy atom. The summed E-state index contributed by atoms with van der Waals surface area (Å²) in [5.74, 6) is -0.131. The van der Waals surface area contributed by atoms with E-state index < -0.39 is 18.4 Å². The summed E-state index contributed by atoms with van der Waals surface area (Å²) in [6, 6.07) is 0. The van der Waals surface area contributed by atoms with E-state index in [-0.39, 0.29) is 5.97 Å². The number of hydrogen-bond donors (Lipinski definition) is 0. The number of methoxy groups -OCH3 is 1. The van der Waals surface area contributed by atoms with Gasteiger partial charge >= 0.3 is 143 Å². The predicted molar refractivity (Wildman–Crippen MR) is 99.9 cm³/mol. The van der Waals surface area contributed by atoms with Crippen molar-refractivity contribution in [2.24, 2.45) is 0 Å². The van der Waals surface area contributed by atoms with Crippen LogP contribution in [0.15, 0.2) is 9.67 Å². The molecule has 0 aliphatic carbocycles. The van der Waals surface area contributed by atoms with E-state index in [0.29, 0.717) is 0 Å². The van der Waals surface area contributed by atoms with Crippen LogP contribution in [0.25, 0.3) is 0 Å². The molecule has 0 rings (SSSR count). The average Bonchev–Trinajstić information content (AvgIpc) is 2.54. The molecule has 0 spiro atoms. The summed E-state index contributed by atoms with van der Waals surface area (Å²) in [5.41, 5.74) is 0. The summed E-state index contributed by atoms with van der Waals surface area (Å²) >= 11 is -2.42. The van der Waals surface area contributed by atoms with Crippen molar-refractivity contribution in [2.75, 3.05) is 7.11 Å². The zero-order valence-corrected chi connectivity index (χ0v) is 18.5. The molecule has 0 aromatic carbocycles. The van der Waals surface area contributed by atoms with Gasteiger partial charge in [-0.05, 0) is 0 Å². The first-order valence-electron chi connectivity index (χ1n) is 9.39. The third kappa shape index (κ3) is 8.03. The molecule has 0 saturated heterocycles. The van der Waals surface area contributed by atoms with E-state index in [1.54, 1.807) is 3.59 Å². The van der Waals surface area contributed by atoms with Crippen LogP contribution in [0.4, 0.5) is 0 Å². The molecule has 0 aliphatic rings. The van der Waals surface area contributed by atoms with Crippen LogP contribution in [0.5, 0.6) is 0 Å². The van der Waals surface area contributed by atoms with Crippen LogP contribution in [-0.2, 0) is 9.53 Å². The monoisotopic (exact) mass is 418 g/mol. The Morgan fingerprint density at radius 1 is 0.864 bits per heavy atom. The molecule has 0 fully saturated rings. The fourth-order valence-electron chi connectivity index (χ4n) is 3.36. The van der Waals surface area contributed by atoms with Crippen LogP contribution in [0.3, 0.4) is 0 Å². The molecule has 0 heterocycles. The van der Waals surface area contributed by atoms with Gasteiger partial charge in [0.2, 0.25) is 0 Å². The Morgan fingerprint density at radius 3 is 1.64 bits per heavy atom. The number of carbonyl (C=O) groups excluding carboxylic acids is 1. The topological polar surface area (TPSA) is 26.3 Å². The third-order valence-corrected chi connectivity index (χ3v) is 21.0. The molecule has 130 valence electrons. The molecule has 0 aliphatic heterocycles. The van der Waals surface area contributed by atoms with Gasteiger partial charge in [0.05, 0.1) is 0 Å². The predicted octanol–water partition coefficient (Wildman–Crippen LogP) is 6.27. The Hall–Kier alpha value is 0.00870. The third-order valence-electron chi connectivity index (χ3n) is 4.72. The number of rotatable bonds is 13. The zero-order chi connectivity index (χ0) is 16.8. The molecule has 0 amide bonds. The van der Waals surface area contributed by atoms with Gasteiger partial charge in [-0.25, -0.2) is 0 Å². The van der Waals surface area contributed by atoms with E-state index in [9.17, 15) is 4.79 Å². The van der Waals surface area contributed by atoms with Crippen molar-refractivity contribution in [3.8, 4) is 0 Å². The van der Waals surface area contributed by atoms with Gasteiger partial charge in [0.25, 0.3) is 0 Å². The van der Waals surface area contributed by atoms with Crippen molar-refractivity contribution in [2.45, 2.75) is 92.4 Å². The van der Waals surface area contributed by atoms with E-state index in [2.05, 4.69) is 27.7 Å². The summed E-state index contributed by atoms with van der Waals surface area (Å²) < 4.78 is 10.8. The molecule has 0 unspecified atom stereocenters. The van der Waals surface area contributed by atoms with Crippen molar-refractivity contribution in [1.82, 2.24) is 0 Å². The van der Waals surface area contributed by atoms with Crippen molar-refractivity contribution in [3.63, 3.8) is 0 Å². The van der Waals surface area contributed by atoms with E-state index in [1.807, 2.05) is 6.08 Å². The normalized spacial score (nSPS) is 12.5. The number of carbonyl (C=O) groups is 1. The second-order valence-electron chi connectivity index (χ2n) is 6.53. The summed E-state index contributed by atoms with van der Waals surface area (Å²) in [5, 5.41) is 0. The second kappa shape index (κ2) is 13.4. The van der Waals surface area contributed by atoms with Gasteiger partial charge in [0.1, 0.15) is 0 Å². The van der Waals surface area contributed by atoms with Crippen LogP contribution in [-0.4, -0.2) is 31.5 Å². The van der Waals surface area contributed by atoms with Crippen LogP contribution in [0.2, 0.25) is 13.3 Å². The first kappa shape index (κ1) is 22.0. The molecule has 0 radical (unpaired) electrons. The van der Waals surface area contributed by atoms with Gasteiger partial charge in [-0.2, -0.15) is 0 Å². The first-order valence-corrected chi connectivity index (χ1v) is 16.9. The standard InChI is InChI=1S/C7H11O2.3C4H9.Sn/c1-3-4-5-6-7(8)9-2;3*1-3-4-2;/h6H,3-4H2,1-2H3;3*1,3-4H2,2H3;. The maximum atomic E-state index is 11.9. The van der Waals surface area contributed by atoms with Crippen LogP contribution in [0.1, 0.15) is 79.1 Å². The Bertz CT molecular complexity index is 302. The second-order valence-corrected chi connectivity index (χ2v) is 20.0. The Kier molecular flexibility index (Phi) is 13.5. The van der Waals surface area contributed by atoms with E-state index in [0.717, 1.165) is 12.8 Å². The van der Waals surface area contributed by atoms with Gasteiger partial charge in [0.15, 0.2) is 0 Å². The molecule has 0 atom stereocenters. The van der Waals surface area contributed by atoms with Crippen molar-refractivity contribution < 1.29 is 9.53 Å². The Labute approximate surface area is 143 Å². The summed E-state index contributed by atoms with van der Waals surface area (Å²) in [4.78, 5) is 11.9. The van der Waals surface area contributed by atoms with Crippen LogP contribution in [0, 0.1) is 0 Å². The number of allylic oxidation sites excluding steroid dienone is 1. The molecule has 2 nitrogen and oxygen atoms in total. The van der Waals surface area contributed by atoms with Crippen molar-refractivity contribution in [3.05, 3.63) is 9.67 Å². The average molecular weight is 417 g/mol. The number of esters is 1. The molecule has 3 heteroatoms. The summed E-state index contributed by atoms with van der Waals surface area (Å²) in [6.45, 7) is 9.11. The van der Waals surface area contributed by atoms with Crippen LogP contribution < -0.4 is 0 Å². The van der Waals surface area contributed by atoms with Crippen molar-refractivity contribution >= 4 is 24.3 Å².